The summed E-state index contributed by atoms with van der Waals surface area (Å²) in [5.41, 5.74) is 5.03. The van der Waals surface area contributed by atoms with Gasteiger partial charge in [0.15, 0.2) is 0 Å². The molecule has 2 aromatic heterocycles. The quantitative estimate of drug-likeness (QED) is 0.427. The maximum absolute atomic E-state index is 4.75. The molecule has 2 N–H and O–H groups in total. The van der Waals surface area contributed by atoms with Crippen molar-refractivity contribution in [2.24, 2.45) is 0 Å². The lowest BCUT2D eigenvalue weighted by molar-refractivity contribution is 0.245. The lowest BCUT2D eigenvalue weighted by Gasteiger charge is -2.30. The van der Waals surface area contributed by atoms with Gasteiger partial charge in [-0.3, -0.25) is 4.90 Å². The number of rotatable bonds is 8. The van der Waals surface area contributed by atoms with Gasteiger partial charge in [-0.05, 0) is 23.8 Å². The van der Waals surface area contributed by atoms with Gasteiger partial charge in [-0.1, -0.05) is 30.3 Å². The van der Waals surface area contributed by atoms with Gasteiger partial charge in [-0.2, -0.15) is 4.98 Å². The molecule has 3 heterocycles. The zero-order chi connectivity index (χ0) is 21.6. The monoisotopic (exact) mass is 446 g/mol. The van der Waals surface area contributed by atoms with Crippen LogP contribution in [0.4, 0.5) is 17.6 Å². The Morgan fingerprint density at radius 3 is 2.78 bits per heavy atom. The summed E-state index contributed by atoms with van der Waals surface area (Å²) in [4.78, 5) is 22.7. The minimum absolute atomic E-state index is 0.541. The maximum atomic E-state index is 4.75. The Kier molecular flexibility index (Phi) is 6.48. The first kappa shape index (κ1) is 20.7. The average molecular weight is 447 g/mol. The van der Waals surface area contributed by atoms with E-state index < -0.39 is 0 Å². The molecule has 0 unspecified atom stereocenters. The first-order chi connectivity index (χ1) is 15.8. The van der Waals surface area contributed by atoms with E-state index in [0.29, 0.717) is 11.9 Å². The van der Waals surface area contributed by atoms with Crippen LogP contribution in [0.1, 0.15) is 5.56 Å². The number of benzene rings is 2. The predicted octanol–water partition coefficient (Wildman–Crippen LogP) is 3.14. The lowest BCUT2D eigenvalue weighted by Crippen LogP contribution is -2.46. The van der Waals surface area contributed by atoms with E-state index in [1.54, 1.807) is 17.7 Å². The van der Waals surface area contributed by atoms with Crippen LogP contribution in [-0.2, 0) is 6.54 Å². The summed E-state index contributed by atoms with van der Waals surface area (Å²) in [6, 6.07) is 16.5. The molecule has 1 saturated heterocycles. The van der Waals surface area contributed by atoms with E-state index in [0.717, 1.165) is 61.7 Å². The Hall–Kier alpha value is -3.14. The fourth-order valence-electron chi connectivity index (χ4n) is 3.81. The Bertz CT molecular complexity index is 1140. The van der Waals surface area contributed by atoms with Crippen LogP contribution < -0.4 is 15.5 Å². The Labute approximate surface area is 191 Å². The summed E-state index contributed by atoms with van der Waals surface area (Å²) in [7, 11) is 0. The molecule has 2 aromatic carbocycles. The van der Waals surface area contributed by atoms with E-state index >= 15 is 0 Å². The number of nitrogens with one attached hydrogen (secondary N) is 2. The third kappa shape index (κ3) is 5.18. The second kappa shape index (κ2) is 9.99. The van der Waals surface area contributed by atoms with Gasteiger partial charge in [0.05, 0.1) is 15.7 Å². The van der Waals surface area contributed by atoms with Crippen molar-refractivity contribution in [3.63, 3.8) is 0 Å². The van der Waals surface area contributed by atoms with Crippen molar-refractivity contribution in [1.82, 2.24) is 30.2 Å². The second-order valence-corrected chi connectivity index (χ2v) is 8.65. The summed E-state index contributed by atoms with van der Waals surface area (Å²) in [6.07, 6.45) is 1.58. The van der Waals surface area contributed by atoms with E-state index in [2.05, 4.69) is 65.7 Å². The number of thiazole rings is 1. The maximum Gasteiger partial charge on any atom is 0.231 e. The summed E-state index contributed by atoms with van der Waals surface area (Å²) < 4.78 is 1.13. The van der Waals surface area contributed by atoms with Crippen LogP contribution in [0.15, 0.2) is 60.4 Å². The number of nitrogens with zero attached hydrogens (tertiary/aromatic N) is 6. The van der Waals surface area contributed by atoms with Gasteiger partial charge in [-0.25, -0.2) is 15.0 Å². The zero-order valence-electron chi connectivity index (χ0n) is 17.8. The molecule has 32 heavy (non-hydrogen) atoms. The van der Waals surface area contributed by atoms with Crippen LogP contribution >= 0.6 is 11.3 Å². The van der Waals surface area contributed by atoms with Crippen LogP contribution in [-0.4, -0.2) is 64.1 Å². The van der Waals surface area contributed by atoms with Crippen molar-refractivity contribution in [1.29, 1.82) is 0 Å². The SMILES string of the molecule is c1ccc(CN(CCN2CCNCC2)c2ncnc(Nc3ccc4ncsc4c3)n2)cc1. The minimum Gasteiger partial charge on any atom is -0.335 e. The molecule has 8 nitrogen and oxygen atoms in total. The predicted molar refractivity (Wildman–Crippen MR) is 130 cm³/mol. The summed E-state index contributed by atoms with van der Waals surface area (Å²) in [6.45, 7) is 6.82. The molecule has 1 aliphatic rings. The van der Waals surface area contributed by atoms with Gasteiger partial charge >= 0.3 is 0 Å². The van der Waals surface area contributed by atoms with Crippen molar-refractivity contribution >= 4 is 39.1 Å². The first-order valence-electron chi connectivity index (χ1n) is 10.8. The fraction of sp³-hybridized carbons (Fsp3) is 0.304. The first-order valence-corrected chi connectivity index (χ1v) is 11.7. The molecule has 9 heteroatoms. The van der Waals surface area contributed by atoms with Gasteiger partial charge in [0.1, 0.15) is 6.33 Å². The van der Waals surface area contributed by atoms with E-state index in [4.69, 9.17) is 4.98 Å². The lowest BCUT2D eigenvalue weighted by atomic mass is 10.2. The number of aromatic nitrogens is 4. The largest absolute Gasteiger partial charge is 0.335 e. The Balaban J connectivity index is 1.34. The highest BCUT2D eigenvalue weighted by Crippen LogP contribution is 2.24. The number of hydrogen-bond acceptors (Lipinski definition) is 9. The highest BCUT2D eigenvalue weighted by molar-refractivity contribution is 7.16. The van der Waals surface area contributed by atoms with Gasteiger partial charge in [0.2, 0.25) is 11.9 Å². The molecule has 0 spiro atoms. The van der Waals surface area contributed by atoms with Gasteiger partial charge in [0, 0.05) is 51.5 Å². The van der Waals surface area contributed by atoms with Crippen LogP contribution in [0.5, 0.6) is 0 Å². The highest BCUT2D eigenvalue weighted by Gasteiger charge is 2.16. The van der Waals surface area contributed by atoms with Gasteiger partial charge in [0.25, 0.3) is 0 Å². The Morgan fingerprint density at radius 1 is 1.03 bits per heavy atom. The van der Waals surface area contributed by atoms with Crippen LogP contribution in [0.25, 0.3) is 10.2 Å². The van der Waals surface area contributed by atoms with E-state index in [9.17, 15) is 0 Å². The molecule has 4 aromatic rings. The molecule has 1 fully saturated rings. The van der Waals surface area contributed by atoms with Crippen molar-refractivity contribution in [2.45, 2.75) is 6.54 Å². The van der Waals surface area contributed by atoms with Crippen molar-refractivity contribution < 1.29 is 0 Å². The number of fused-ring (bicyclic) bond motifs is 1. The highest BCUT2D eigenvalue weighted by atomic mass is 32.1. The van der Waals surface area contributed by atoms with E-state index in [1.165, 1.54) is 5.56 Å². The molecular formula is C23H26N8S. The standard InChI is InChI=1S/C23H26N8S/c1-2-4-18(5-3-1)15-31(13-12-30-10-8-24-9-11-30)23-26-16-25-22(29-23)28-19-6-7-20-21(14-19)32-17-27-20/h1-7,14,16-17,24H,8-13,15H2,(H,25,26,28,29). The normalized spacial score (nSPS) is 14.5. The molecular weight excluding hydrogens is 420 g/mol. The van der Waals surface area contributed by atoms with Crippen molar-refractivity contribution in [2.75, 3.05) is 49.5 Å². The third-order valence-corrected chi connectivity index (χ3v) is 6.33. The van der Waals surface area contributed by atoms with E-state index in [1.807, 2.05) is 23.7 Å². The van der Waals surface area contributed by atoms with Crippen LogP contribution in [0, 0.1) is 0 Å². The second-order valence-electron chi connectivity index (χ2n) is 7.77. The van der Waals surface area contributed by atoms with Crippen molar-refractivity contribution in [3.8, 4) is 0 Å². The summed E-state index contributed by atoms with van der Waals surface area (Å²) >= 11 is 1.62. The fourth-order valence-corrected chi connectivity index (χ4v) is 4.53. The Morgan fingerprint density at radius 2 is 1.91 bits per heavy atom. The van der Waals surface area contributed by atoms with Crippen LogP contribution in [0.2, 0.25) is 0 Å². The average Bonchev–Trinajstić information content (AvgIpc) is 3.31. The molecule has 0 saturated carbocycles. The molecule has 5 rings (SSSR count). The van der Waals surface area contributed by atoms with Crippen molar-refractivity contribution in [3.05, 3.63) is 65.9 Å². The number of anilines is 3. The molecule has 1 aliphatic heterocycles. The molecule has 0 bridgehead atoms. The van der Waals surface area contributed by atoms with Gasteiger partial charge < -0.3 is 15.5 Å². The zero-order valence-corrected chi connectivity index (χ0v) is 18.6. The van der Waals surface area contributed by atoms with E-state index in [-0.39, 0.29) is 0 Å². The molecule has 0 aliphatic carbocycles. The summed E-state index contributed by atoms with van der Waals surface area (Å²) in [5.74, 6) is 1.22. The molecule has 164 valence electrons. The van der Waals surface area contributed by atoms with Gasteiger partial charge in [-0.15, -0.1) is 11.3 Å². The summed E-state index contributed by atoms with van der Waals surface area (Å²) in [5, 5.41) is 6.74. The smallest absolute Gasteiger partial charge is 0.231 e. The number of hydrogen-bond donors (Lipinski definition) is 2. The topological polar surface area (TPSA) is 82.1 Å². The molecule has 0 atom stereocenters. The molecule has 0 amide bonds. The minimum atomic E-state index is 0.541. The molecule has 0 radical (unpaired) electrons. The number of piperazine rings is 1. The third-order valence-electron chi connectivity index (χ3n) is 5.54. The van der Waals surface area contributed by atoms with Crippen LogP contribution in [0.3, 0.4) is 0 Å².